The molecule has 2 aromatic rings. The molecule has 1 aromatic carbocycles. The summed E-state index contributed by atoms with van der Waals surface area (Å²) in [6.07, 6.45) is 1.78. The fourth-order valence-corrected chi connectivity index (χ4v) is 3.46. The minimum atomic E-state index is 0.0997. The van der Waals surface area contributed by atoms with Crippen molar-refractivity contribution in [3.8, 4) is 0 Å². The molecule has 0 saturated carbocycles. The van der Waals surface area contributed by atoms with Crippen LogP contribution in [-0.4, -0.2) is 46.1 Å². The molecule has 0 amide bonds. The van der Waals surface area contributed by atoms with E-state index in [4.69, 9.17) is 5.11 Å². The van der Waals surface area contributed by atoms with Crippen molar-refractivity contribution in [2.75, 3.05) is 26.2 Å². The molecule has 2 heterocycles. The summed E-state index contributed by atoms with van der Waals surface area (Å²) < 4.78 is 0. The molecule has 5 heteroatoms. The molecule has 1 fully saturated rings. The highest BCUT2D eigenvalue weighted by Gasteiger charge is 2.18. The van der Waals surface area contributed by atoms with Gasteiger partial charge in [0.05, 0.1) is 18.0 Å². The van der Waals surface area contributed by atoms with Crippen molar-refractivity contribution in [2.45, 2.75) is 19.7 Å². The van der Waals surface area contributed by atoms with Crippen molar-refractivity contribution in [3.63, 3.8) is 0 Å². The smallest absolute Gasteiger partial charge is 0.107 e. The number of hydrogen-bond acceptors (Lipinski definition) is 5. The zero-order valence-electron chi connectivity index (χ0n) is 12.1. The lowest BCUT2D eigenvalue weighted by Gasteiger charge is -2.34. The van der Waals surface area contributed by atoms with Crippen LogP contribution in [0.4, 0.5) is 0 Å². The van der Waals surface area contributed by atoms with Crippen molar-refractivity contribution in [1.82, 2.24) is 14.8 Å². The summed E-state index contributed by atoms with van der Waals surface area (Å²) >= 11 is 1.61. The van der Waals surface area contributed by atoms with Crippen LogP contribution in [0.2, 0.25) is 0 Å². The Hall–Kier alpha value is -1.27. The van der Waals surface area contributed by atoms with E-state index in [1.54, 1.807) is 17.5 Å². The van der Waals surface area contributed by atoms with E-state index in [0.717, 1.165) is 49.2 Å². The minimum Gasteiger partial charge on any atom is -0.391 e. The Balaban J connectivity index is 1.46. The molecular weight excluding hydrogens is 282 g/mol. The molecule has 1 saturated heterocycles. The fraction of sp³-hybridized carbons (Fsp3) is 0.438. The van der Waals surface area contributed by atoms with E-state index in [2.05, 4.69) is 45.1 Å². The van der Waals surface area contributed by atoms with Crippen LogP contribution in [0.5, 0.6) is 0 Å². The van der Waals surface area contributed by atoms with Crippen LogP contribution in [0.15, 0.2) is 36.5 Å². The second kappa shape index (κ2) is 7.13. The average molecular weight is 303 g/mol. The Morgan fingerprint density at radius 3 is 2.29 bits per heavy atom. The van der Waals surface area contributed by atoms with E-state index in [0.29, 0.717) is 0 Å². The molecule has 0 unspecified atom stereocenters. The Kier molecular flexibility index (Phi) is 4.98. The van der Waals surface area contributed by atoms with Crippen LogP contribution in [0.1, 0.15) is 15.4 Å². The molecule has 4 nitrogen and oxygen atoms in total. The zero-order valence-corrected chi connectivity index (χ0v) is 12.9. The fourth-order valence-electron chi connectivity index (χ4n) is 2.63. The third-order valence-electron chi connectivity index (χ3n) is 3.83. The summed E-state index contributed by atoms with van der Waals surface area (Å²) in [7, 11) is 0. The Morgan fingerprint density at radius 2 is 1.67 bits per heavy atom. The first-order chi connectivity index (χ1) is 10.3. The van der Waals surface area contributed by atoms with Gasteiger partial charge in [-0.2, -0.15) is 0 Å². The summed E-state index contributed by atoms with van der Waals surface area (Å²) in [6, 6.07) is 10.7. The number of aliphatic hydroxyl groups is 1. The first-order valence-corrected chi connectivity index (χ1v) is 8.18. The predicted octanol–water partition coefficient (Wildman–Crippen LogP) is 1.95. The van der Waals surface area contributed by atoms with Crippen molar-refractivity contribution >= 4 is 11.3 Å². The molecule has 21 heavy (non-hydrogen) atoms. The van der Waals surface area contributed by atoms with E-state index < -0.39 is 0 Å². The molecule has 0 aliphatic carbocycles. The number of rotatable bonds is 5. The number of piperazine rings is 1. The van der Waals surface area contributed by atoms with Gasteiger partial charge < -0.3 is 5.11 Å². The van der Waals surface area contributed by atoms with Crippen LogP contribution in [-0.2, 0) is 19.7 Å². The highest BCUT2D eigenvalue weighted by molar-refractivity contribution is 7.11. The van der Waals surface area contributed by atoms with Crippen LogP contribution in [0.3, 0.4) is 0 Å². The number of thiazole rings is 1. The number of aromatic nitrogens is 1. The van der Waals surface area contributed by atoms with Crippen molar-refractivity contribution < 1.29 is 5.11 Å². The second-order valence-electron chi connectivity index (χ2n) is 5.42. The largest absolute Gasteiger partial charge is 0.391 e. The SMILES string of the molecule is OCc1cnc(CN2CCN(Cc3ccccc3)CC2)s1. The summed E-state index contributed by atoms with van der Waals surface area (Å²) in [5, 5.41) is 10.2. The van der Waals surface area contributed by atoms with Crippen LogP contribution in [0.25, 0.3) is 0 Å². The number of hydrogen-bond donors (Lipinski definition) is 1. The van der Waals surface area contributed by atoms with Gasteiger partial charge in [-0.25, -0.2) is 4.98 Å². The molecule has 0 atom stereocenters. The predicted molar refractivity (Wildman–Crippen MR) is 85.0 cm³/mol. The highest BCUT2D eigenvalue weighted by atomic mass is 32.1. The zero-order chi connectivity index (χ0) is 14.5. The van der Waals surface area contributed by atoms with Gasteiger partial charge in [-0.15, -0.1) is 11.3 Å². The maximum Gasteiger partial charge on any atom is 0.107 e. The van der Waals surface area contributed by atoms with E-state index in [-0.39, 0.29) is 6.61 Å². The van der Waals surface area contributed by atoms with E-state index >= 15 is 0 Å². The van der Waals surface area contributed by atoms with E-state index in [1.165, 1.54) is 5.56 Å². The number of benzene rings is 1. The first kappa shape index (κ1) is 14.7. The molecule has 0 radical (unpaired) electrons. The van der Waals surface area contributed by atoms with Crippen LogP contribution >= 0.6 is 11.3 Å². The highest BCUT2D eigenvalue weighted by Crippen LogP contribution is 2.16. The third-order valence-corrected chi connectivity index (χ3v) is 4.80. The normalized spacial score (nSPS) is 17.2. The van der Waals surface area contributed by atoms with Gasteiger partial charge in [-0.3, -0.25) is 9.80 Å². The van der Waals surface area contributed by atoms with Crippen molar-refractivity contribution in [1.29, 1.82) is 0 Å². The minimum absolute atomic E-state index is 0.0997. The van der Waals surface area contributed by atoms with Crippen LogP contribution < -0.4 is 0 Å². The summed E-state index contributed by atoms with van der Waals surface area (Å²) in [4.78, 5) is 10.3. The van der Waals surface area contributed by atoms with E-state index in [9.17, 15) is 0 Å². The van der Waals surface area contributed by atoms with Gasteiger partial charge in [-0.05, 0) is 5.56 Å². The van der Waals surface area contributed by atoms with Gasteiger partial charge in [0.2, 0.25) is 0 Å². The summed E-state index contributed by atoms with van der Waals surface area (Å²) in [5.74, 6) is 0. The van der Waals surface area contributed by atoms with Crippen molar-refractivity contribution in [2.24, 2.45) is 0 Å². The summed E-state index contributed by atoms with van der Waals surface area (Å²) in [6.45, 7) is 6.43. The first-order valence-electron chi connectivity index (χ1n) is 7.36. The molecule has 1 N–H and O–H groups in total. The van der Waals surface area contributed by atoms with Gasteiger partial charge in [0.25, 0.3) is 0 Å². The van der Waals surface area contributed by atoms with Gasteiger partial charge in [0.1, 0.15) is 5.01 Å². The van der Waals surface area contributed by atoms with Gasteiger partial charge in [-0.1, -0.05) is 30.3 Å². The Bertz CT molecular complexity index is 550. The lowest BCUT2D eigenvalue weighted by molar-refractivity contribution is 0.122. The van der Waals surface area contributed by atoms with Gasteiger partial charge in [0.15, 0.2) is 0 Å². The number of nitrogens with zero attached hydrogens (tertiary/aromatic N) is 3. The molecule has 1 aliphatic heterocycles. The quantitative estimate of drug-likeness (QED) is 0.916. The summed E-state index contributed by atoms with van der Waals surface area (Å²) in [5.41, 5.74) is 1.39. The average Bonchev–Trinajstić information content (AvgIpc) is 2.98. The van der Waals surface area contributed by atoms with E-state index in [1.807, 2.05) is 0 Å². The topological polar surface area (TPSA) is 39.6 Å². The van der Waals surface area contributed by atoms with Crippen molar-refractivity contribution in [3.05, 3.63) is 52.0 Å². The maximum absolute atomic E-state index is 9.08. The van der Waals surface area contributed by atoms with Gasteiger partial charge in [0, 0.05) is 38.9 Å². The molecule has 1 aliphatic rings. The Labute approximate surface area is 129 Å². The maximum atomic E-state index is 9.08. The third kappa shape index (κ3) is 4.11. The Morgan fingerprint density at radius 1 is 1.00 bits per heavy atom. The lowest BCUT2D eigenvalue weighted by atomic mass is 10.2. The standard InChI is InChI=1S/C16H21N3OS/c20-13-15-10-17-16(21-15)12-19-8-6-18(7-9-19)11-14-4-2-1-3-5-14/h1-5,10,20H,6-9,11-13H2. The lowest BCUT2D eigenvalue weighted by Crippen LogP contribution is -2.45. The molecule has 0 spiro atoms. The number of aliphatic hydroxyl groups excluding tert-OH is 1. The second-order valence-corrected chi connectivity index (χ2v) is 6.62. The molecular formula is C16H21N3OS. The molecule has 112 valence electrons. The molecule has 0 bridgehead atoms. The molecule has 1 aromatic heterocycles. The monoisotopic (exact) mass is 303 g/mol. The molecule has 3 rings (SSSR count). The van der Waals surface area contributed by atoms with Gasteiger partial charge >= 0.3 is 0 Å². The van der Waals surface area contributed by atoms with Crippen LogP contribution in [0, 0.1) is 0 Å².